The summed E-state index contributed by atoms with van der Waals surface area (Å²) in [5.41, 5.74) is 1.60. The Bertz CT molecular complexity index is 1770. The zero-order valence-corrected chi connectivity index (χ0v) is 28.8. The summed E-state index contributed by atoms with van der Waals surface area (Å²) in [7, 11) is 0. The molecule has 266 valence electrons. The lowest BCUT2D eigenvalue weighted by molar-refractivity contribution is -0.192. The van der Waals surface area contributed by atoms with Gasteiger partial charge in [0.15, 0.2) is 11.0 Å². The predicted octanol–water partition coefficient (Wildman–Crippen LogP) is 4.79. The second-order valence-corrected chi connectivity index (χ2v) is 13.5. The van der Waals surface area contributed by atoms with Crippen molar-refractivity contribution in [2.45, 2.75) is 70.8 Å². The molecular weight excluding hydrogens is 692 g/mol. The third kappa shape index (κ3) is 8.54. The van der Waals surface area contributed by atoms with Gasteiger partial charge in [0, 0.05) is 43.0 Å². The highest BCUT2D eigenvalue weighted by atomic mass is 35.5. The van der Waals surface area contributed by atoms with Crippen LogP contribution in [0.15, 0.2) is 24.8 Å². The van der Waals surface area contributed by atoms with Crippen molar-refractivity contribution >= 4 is 63.6 Å². The van der Waals surface area contributed by atoms with Gasteiger partial charge in [0.25, 0.3) is 5.91 Å². The zero-order valence-electron chi connectivity index (χ0n) is 27.2. The number of likely N-dealkylation sites (tertiary alicyclic amines) is 1. The van der Waals surface area contributed by atoms with Crippen LogP contribution in [0.2, 0.25) is 10.2 Å². The van der Waals surface area contributed by atoms with E-state index in [-0.39, 0.29) is 52.6 Å². The van der Waals surface area contributed by atoms with E-state index in [1.807, 2.05) is 10.6 Å². The largest absolute Gasteiger partial charge is 0.490 e. The van der Waals surface area contributed by atoms with Gasteiger partial charge >= 0.3 is 12.1 Å². The number of benzene rings is 1. The van der Waals surface area contributed by atoms with E-state index in [1.165, 1.54) is 17.7 Å². The maximum Gasteiger partial charge on any atom is 0.490 e. The van der Waals surface area contributed by atoms with Gasteiger partial charge in [-0.3, -0.25) is 14.4 Å². The van der Waals surface area contributed by atoms with E-state index in [1.54, 1.807) is 11.0 Å². The molecule has 0 spiro atoms. The molecule has 4 N–H and O–H groups in total. The maximum absolute atomic E-state index is 13.5. The fourth-order valence-electron chi connectivity index (χ4n) is 5.60. The van der Waals surface area contributed by atoms with Crippen molar-refractivity contribution in [2.24, 2.45) is 0 Å². The number of rotatable bonds is 7. The quantitative estimate of drug-likeness (QED) is 0.251. The first-order chi connectivity index (χ1) is 22.8. The molecule has 2 aliphatic heterocycles. The summed E-state index contributed by atoms with van der Waals surface area (Å²) in [6.07, 6.45) is -2.02. The number of carbonyl (C=O) groups is 4. The fourth-order valence-corrected chi connectivity index (χ4v) is 6.32. The number of piperidine rings is 1. The topological polar surface area (TPSA) is 163 Å². The smallest absolute Gasteiger partial charge is 0.475 e. The van der Waals surface area contributed by atoms with E-state index in [2.05, 4.69) is 53.4 Å². The fraction of sp³-hybridized carbons (Fsp3) is 0.484. The maximum atomic E-state index is 13.5. The average Bonchev–Trinajstić information content (AvgIpc) is 3.53. The monoisotopic (exact) mass is 728 g/mol. The van der Waals surface area contributed by atoms with Crippen molar-refractivity contribution in [3.05, 3.63) is 52.0 Å². The number of imidazole rings is 1. The predicted molar refractivity (Wildman–Crippen MR) is 177 cm³/mol. The first-order valence-electron chi connectivity index (χ1n) is 15.3. The number of amides is 2. The van der Waals surface area contributed by atoms with E-state index in [0.717, 1.165) is 30.3 Å². The highest BCUT2D eigenvalue weighted by molar-refractivity contribution is 6.33. The molecule has 0 radical (unpaired) electrons. The highest BCUT2D eigenvalue weighted by Crippen LogP contribution is 2.36. The lowest BCUT2D eigenvalue weighted by atomic mass is 9.86. The Morgan fingerprint density at radius 3 is 2.35 bits per heavy atom. The van der Waals surface area contributed by atoms with Crippen LogP contribution in [0.1, 0.15) is 73.2 Å². The first-order valence-corrected chi connectivity index (χ1v) is 16.1. The minimum Gasteiger partial charge on any atom is -0.475 e. The number of nitrogens with zero attached hydrogens (tertiary/aromatic N) is 5. The highest BCUT2D eigenvalue weighted by Gasteiger charge is 2.38. The summed E-state index contributed by atoms with van der Waals surface area (Å²) in [4.78, 5) is 52.9. The number of carboxylic acid groups (broad SMARTS) is 1. The van der Waals surface area contributed by atoms with Crippen molar-refractivity contribution in [1.29, 1.82) is 0 Å². The van der Waals surface area contributed by atoms with E-state index in [9.17, 15) is 27.6 Å². The molecule has 0 aliphatic carbocycles. The number of carboxylic acids is 1. The summed E-state index contributed by atoms with van der Waals surface area (Å²) in [5, 5.41) is 22.9. The Morgan fingerprint density at radius 2 is 1.82 bits per heavy atom. The molecule has 0 saturated carbocycles. The van der Waals surface area contributed by atoms with Crippen LogP contribution in [0, 0.1) is 0 Å². The SMILES string of the molecule is C=CC(=O)N1CC(NC(=O)c2c(Cl)nc(CNc3nn(C(C)=O)c4cc(Cl)c(C(C)(C)C)cc34)n2C2CCCNC2)C1.O=C(O)C(F)(F)F. The summed E-state index contributed by atoms with van der Waals surface area (Å²) in [6, 6.07) is 3.52. The zero-order chi connectivity index (χ0) is 36.4. The summed E-state index contributed by atoms with van der Waals surface area (Å²) >= 11 is 13.2. The number of alkyl halides is 3. The molecule has 2 aliphatic rings. The molecule has 49 heavy (non-hydrogen) atoms. The van der Waals surface area contributed by atoms with Crippen molar-refractivity contribution in [3.63, 3.8) is 0 Å². The van der Waals surface area contributed by atoms with Crippen molar-refractivity contribution in [3.8, 4) is 0 Å². The van der Waals surface area contributed by atoms with Crippen molar-refractivity contribution < 1.29 is 37.5 Å². The second-order valence-electron chi connectivity index (χ2n) is 12.7. The number of fused-ring (bicyclic) bond motifs is 1. The Morgan fingerprint density at radius 1 is 1.16 bits per heavy atom. The van der Waals surface area contributed by atoms with Crippen LogP contribution in [0.5, 0.6) is 0 Å². The van der Waals surface area contributed by atoms with Crippen LogP contribution in [0.3, 0.4) is 0 Å². The molecule has 0 bridgehead atoms. The van der Waals surface area contributed by atoms with Crippen LogP contribution in [0.25, 0.3) is 10.9 Å². The van der Waals surface area contributed by atoms with Gasteiger partial charge in [0.05, 0.1) is 18.1 Å². The number of anilines is 1. The van der Waals surface area contributed by atoms with Crippen LogP contribution in [-0.4, -0.2) is 91.4 Å². The minimum atomic E-state index is -5.08. The van der Waals surface area contributed by atoms with Gasteiger partial charge in [0.2, 0.25) is 11.8 Å². The molecule has 1 aromatic carbocycles. The van der Waals surface area contributed by atoms with Crippen LogP contribution in [-0.2, 0) is 21.5 Å². The number of carbonyl (C=O) groups excluding carboxylic acids is 3. The molecule has 4 heterocycles. The number of aromatic nitrogens is 4. The van der Waals surface area contributed by atoms with Gasteiger partial charge in [0.1, 0.15) is 11.5 Å². The van der Waals surface area contributed by atoms with Gasteiger partial charge in [-0.1, -0.05) is 50.6 Å². The standard InChI is InChI=1S/C29H36Cl2N8O3.C2HF3O2/c1-6-24(41)37-14-17(15-37)34-28(42)25-26(31)35-23(38(25)18-8-7-9-32-12-18)13-33-27-19-10-20(29(3,4)5)21(30)11-22(19)39(36-27)16(2)40;3-2(4,5)1(6)7/h6,10-11,17-18,32H,1,7-9,12-15H2,2-5H3,(H,33,36)(H,34,42);(H,6,7). The van der Waals surface area contributed by atoms with Gasteiger partial charge in [-0.15, -0.1) is 5.10 Å². The molecule has 2 saturated heterocycles. The van der Waals surface area contributed by atoms with Crippen molar-refractivity contribution in [1.82, 2.24) is 34.9 Å². The third-order valence-electron chi connectivity index (χ3n) is 8.03. The first kappa shape index (κ1) is 37.7. The van der Waals surface area contributed by atoms with Crippen LogP contribution < -0.4 is 16.0 Å². The van der Waals surface area contributed by atoms with Gasteiger partial charge < -0.3 is 30.5 Å². The molecule has 3 aromatic rings. The number of nitrogens with one attached hydrogen (secondary N) is 3. The van der Waals surface area contributed by atoms with Gasteiger partial charge in [-0.25, -0.2) is 9.78 Å². The lowest BCUT2D eigenvalue weighted by Crippen LogP contribution is -2.60. The van der Waals surface area contributed by atoms with Crippen molar-refractivity contribution in [2.75, 3.05) is 31.5 Å². The summed E-state index contributed by atoms with van der Waals surface area (Å²) in [5.74, 6) is -2.42. The summed E-state index contributed by atoms with van der Waals surface area (Å²) < 4.78 is 35.0. The molecule has 2 aromatic heterocycles. The number of aliphatic carboxylic acids is 1. The Kier molecular flexibility index (Phi) is 11.3. The van der Waals surface area contributed by atoms with E-state index < -0.39 is 12.1 Å². The molecule has 18 heteroatoms. The number of hydrogen-bond acceptors (Lipinski definition) is 8. The number of hydrogen-bond donors (Lipinski definition) is 4. The third-order valence-corrected chi connectivity index (χ3v) is 8.60. The Labute approximate surface area is 289 Å². The normalized spacial score (nSPS) is 16.8. The molecule has 1 unspecified atom stereocenters. The van der Waals surface area contributed by atoms with E-state index >= 15 is 0 Å². The molecule has 2 fully saturated rings. The molecule has 1 atom stereocenters. The summed E-state index contributed by atoms with van der Waals surface area (Å²) in [6.45, 7) is 13.8. The van der Waals surface area contributed by atoms with Crippen LogP contribution in [0.4, 0.5) is 19.0 Å². The molecular formula is C31H37Cl2F3N8O5. The number of halogens is 5. The average molecular weight is 730 g/mol. The second kappa shape index (κ2) is 14.8. The van der Waals surface area contributed by atoms with E-state index in [0.29, 0.717) is 41.8 Å². The lowest BCUT2D eigenvalue weighted by Gasteiger charge is -2.39. The van der Waals surface area contributed by atoms with Gasteiger partial charge in [-0.05, 0) is 48.6 Å². The Hall–Kier alpha value is -4.15. The minimum absolute atomic E-state index is 0.0330. The molecule has 2 amide bonds. The molecule has 13 nitrogen and oxygen atoms in total. The molecule has 5 rings (SSSR count). The van der Waals surface area contributed by atoms with Gasteiger partial charge in [-0.2, -0.15) is 17.9 Å². The Balaban J connectivity index is 0.000000698. The van der Waals surface area contributed by atoms with E-state index in [4.69, 9.17) is 33.1 Å². The van der Waals surface area contributed by atoms with Crippen LogP contribution >= 0.6 is 23.2 Å².